The van der Waals surface area contributed by atoms with E-state index in [1.807, 2.05) is 18.7 Å². The molecule has 0 aromatic heterocycles. The van der Waals surface area contributed by atoms with Crippen LogP contribution < -0.4 is 5.73 Å². The number of aliphatic hydroxyl groups is 1. The standard InChI is InChI=1S/C13H18ClF3N2O/c1-3-19(4-2)7-11(20)8-5-9(13(15,16)17)12(18)10(14)6-8/h5-6,11,20H,3-4,7,18H2,1-2H3. The molecule has 0 heterocycles. The molecule has 20 heavy (non-hydrogen) atoms. The first-order valence-electron chi connectivity index (χ1n) is 6.27. The summed E-state index contributed by atoms with van der Waals surface area (Å²) in [5.41, 5.74) is 3.93. The summed E-state index contributed by atoms with van der Waals surface area (Å²) in [4.78, 5) is 1.90. The number of nitrogens with two attached hydrogens (primary N) is 1. The highest BCUT2D eigenvalue weighted by atomic mass is 35.5. The third kappa shape index (κ3) is 4.01. The van der Waals surface area contributed by atoms with Crippen LogP contribution in [0.4, 0.5) is 18.9 Å². The van der Waals surface area contributed by atoms with Gasteiger partial charge in [-0.15, -0.1) is 0 Å². The summed E-state index contributed by atoms with van der Waals surface area (Å²) in [6, 6.07) is 2.13. The molecule has 114 valence electrons. The molecule has 1 unspecified atom stereocenters. The maximum atomic E-state index is 12.8. The SMILES string of the molecule is CCN(CC)CC(O)c1cc(Cl)c(N)c(C(F)(F)F)c1. The van der Waals surface area contributed by atoms with Crippen molar-refractivity contribution in [3.8, 4) is 0 Å². The van der Waals surface area contributed by atoms with E-state index in [4.69, 9.17) is 17.3 Å². The Hall–Kier alpha value is -0.980. The highest BCUT2D eigenvalue weighted by molar-refractivity contribution is 6.33. The minimum Gasteiger partial charge on any atom is -0.397 e. The van der Waals surface area contributed by atoms with Crippen molar-refractivity contribution in [2.24, 2.45) is 0 Å². The van der Waals surface area contributed by atoms with Gasteiger partial charge in [0, 0.05) is 6.54 Å². The van der Waals surface area contributed by atoms with Crippen LogP contribution in [0.1, 0.15) is 31.1 Å². The Morgan fingerprint density at radius 2 is 1.85 bits per heavy atom. The third-order valence-electron chi connectivity index (χ3n) is 3.17. The summed E-state index contributed by atoms with van der Waals surface area (Å²) in [5, 5.41) is 9.85. The Balaban J connectivity index is 3.10. The Kier molecular flexibility index (Phi) is 5.68. The number of nitrogen functional groups attached to an aromatic ring is 1. The number of hydrogen-bond donors (Lipinski definition) is 2. The minimum atomic E-state index is -4.60. The van der Waals surface area contributed by atoms with Gasteiger partial charge in [0.05, 0.1) is 22.4 Å². The third-order valence-corrected chi connectivity index (χ3v) is 3.48. The molecule has 0 bridgehead atoms. The summed E-state index contributed by atoms with van der Waals surface area (Å²) in [7, 11) is 0. The molecule has 0 aliphatic rings. The molecule has 1 aromatic carbocycles. The van der Waals surface area contributed by atoms with Crippen LogP contribution in [-0.4, -0.2) is 29.6 Å². The van der Waals surface area contributed by atoms with Gasteiger partial charge in [-0.2, -0.15) is 13.2 Å². The normalized spacial score (nSPS) is 13.8. The molecule has 0 fully saturated rings. The van der Waals surface area contributed by atoms with Crippen molar-refractivity contribution in [1.29, 1.82) is 0 Å². The van der Waals surface area contributed by atoms with Crippen LogP contribution in [0.5, 0.6) is 0 Å². The number of rotatable bonds is 5. The fraction of sp³-hybridized carbons (Fsp3) is 0.538. The number of likely N-dealkylation sites (N-methyl/N-ethyl adjacent to an activating group) is 1. The van der Waals surface area contributed by atoms with E-state index in [1.165, 1.54) is 6.07 Å². The summed E-state index contributed by atoms with van der Waals surface area (Å²) < 4.78 is 38.5. The number of benzene rings is 1. The quantitative estimate of drug-likeness (QED) is 0.820. The van der Waals surface area contributed by atoms with E-state index in [0.29, 0.717) is 13.1 Å². The molecule has 7 heteroatoms. The Bertz CT molecular complexity index is 462. The second kappa shape index (κ2) is 6.65. The van der Waals surface area contributed by atoms with E-state index in [0.717, 1.165) is 6.07 Å². The van der Waals surface area contributed by atoms with Crippen LogP contribution in [0, 0.1) is 0 Å². The van der Waals surface area contributed by atoms with Crippen molar-refractivity contribution in [2.45, 2.75) is 26.1 Å². The van der Waals surface area contributed by atoms with Crippen LogP contribution in [0.15, 0.2) is 12.1 Å². The largest absolute Gasteiger partial charge is 0.418 e. The van der Waals surface area contributed by atoms with E-state index in [9.17, 15) is 18.3 Å². The van der Waals surface area contributed by atoms with Gasteiger partial charge >= 0.3 is 6.18 Å². The first kappa shape index (κ1) is 17.1. The van der Waals surface area contributed by atoms with Crippen LogP contribution in [-0.2, 0) is 6.18 Å². The maximum absolute atomic E-state index is 12.8. The lowest BCUT2D eigenvalue weighted by molar-refractivity contribution is -0.137. The van der Waals surface area contributed by atoms with E-state index < -0.39 is 23.5 Å². The van der Waals surface area contributed by atoms with Crippen molar-refractivity contribution in [2.75, 3.05) is 25.4 Å². The summed E-state index contributed by atoms with van der Waals surface area (Å²) in [6.45, 7) is 5.45. The highest BCUT2D eigenvalue weighted by Gasteiger charge is 2.34. The lowest BCUT2D eigenvalue weighted by atomic mass is 10.0. The van der Waals surface area contributed by atoms with Crippen LogP contribution in [0.2, 0.25) is 5.02 Å². The summed E-state index contributed by atoms with van der Waals surface area (Å²) in [5.74, 6) is 0. The lowest BCUT2D eigenvalue weighted by Gasteiger charge is -2.23. The zero-order valence-electron chi connectivity index (χ0n) is 11.3. The molecule has 0 spiro atoms. The van der Waals surface area contributed by atoms with Gasteiger partial charge in [-0.05, 0) is 30.8 Å². The van der Waals surface area contributed by atoms with Gasteiger partial charge in [0.1, 0.15) is 0 Å². The average molecular weight is 311 g/mol. The van der Waals surface area contributed by atoms with Gasteiger partial charge in [-0.25, -0.2) is 0 Å². The number of alkyl halides is 3. The second-order valence-corrected chi connectivity index (χ2v) is 4.87. The number of hydrogen-bond acceptors (Lipinski definition) is 3. The van der Waals surface area contributed by atoms with Crippen LogP contribution in [0.25, 0.3) is 0 Å². The molecule has 0 radical (unpaired) electrons. The molecule has 1 atom stereocenters. The molecule has 0 saturated heterocycles. The maximum Gasteiger partial charge on any atom is 0.418 e. The van der Waals surface area contributed by atoms with Crippen LogP contribution in [0.3, 0.4) is 0 Å². The lowest BCUT2D eigenvalue weighted by Crippen LogP contribution is -2.28. The van der Waals surface area contributed by atoms with E-state index in [-0.39, 0.29) is 17.1 Å². The molecule has 1 aromatic rings. The topological polar surface area (TPSA) is 49.5 Å². The molecule has 0 aliphatic heterocycles. The number of nitrogens with zero attached hydrogens (tertiary/aromatic N) is 1. The molecule has 0 saturated carbocycles. The molecule has 1 rings (SSSR count). The van der Waals surface area contributed by atoms with Gasteiger partial charge in [0.15, 0.2) is 0 Å². The van der Waals surface area contributed by atoms with Crippen molar-refractivity contribution in [3.63, 3.8) is 0 Å². The molecular weight excluding hydrogens is 293 g/mol. The van der Waals surface area contributed by atoms with Gasteiger partial charge in [-0.3, -0.25) is 0 Å². The molecule has 3 nitrogen and oxygen atoms in total. The Morgan fingerprint density at radius 1 is 1.30 bits per heavy atom. The second-order valence-electron chi connectivity index (χ2n) is 4.46. The summed E-state index contributed by atoms with van der Waals surface area (Å²) in [6.07, 6.45) is -5.65. The van der Waals surface area contributed by atoms with Crippen molar-refractivity contribution in [3.05, 3.63) is 28.3 Å². The molecule has 3 N–H and O–H groups in total. The zero-order chi connectivity index (χ0) is 15.5. The number of aliphatic hydroxyl groups excluding tert-OH is 1. The van der Waals surface area contributed by atoms with Crippen molar-refractivity contribution < 1.29 is 18.3 Å². The molecule has 0 amide bonds. The molecular formula is C13H18ClF3N2O. The Labute approximate surface area is 121 Å². The predicted molar refractivity (Wildman–Crippen MR) is 73.6 cm³/mol. The van der Waals surface area contributed by atoms with Crippen molar-refractivity contribution >= 4 is 17.3 Å². The highest BCUT2D eigenvalue weighted by Crippen LogP contribution is 2.38. The average Bonchev–Trinajstić information content (AvgIpc) is 2.37. The monoisotopic (exact) mass is 310 g/mol. The van der Waals surface area contributed by atoms with E-state index in [1.54, 1.807) is 0 Å². The van der Waals surface area contributed by atoms with Crippen LogP contribution >= 0.6 is 11.6 Å². The molecule has 0 aliphatic carbocycles. The first-order chi connectivity index (χ1) is 9.20. The van der Waals surface area contributed by atoms with Gasteiger partial charge in [0.25, 0.3) is 0 Å². The van der Waals surface area contributed by atoms with Gasteiger partial charge < -0.3 is 15.7 Å². The Morgan fingerprint density at radius 3 is 2.30 bits per heavy atom. The van der Waals surface area contributed by atoms with Gasteiger partial charge in [0.2, 0.25) is 0 Å². The van der Waals surface area contributed by atoms with E-state index in [2.05, 4.69) is 0 Å². The number of anilines is 1. The predicted octanol–water partition coefficient (Wildman–Crippen LogP) is 3.32. The van der Waals surface area contributed by atoms with E-state index >= 15 is 0 Å². The smallest absolute Gasteiger partial charge is 0.397 e. The van der Waals surface area contributed by atoms with Crippen molar-refractivity contribution in [1.82, 2.24) is 4.90 Å². The summed E-state index contributed by atoms with van der Waals surface area (Å²) >= 11 is 5.72. The minimum absolute atomic E-state index is 0.114. The van der Waals surface area contributed by atoms with Gasteiger partial charge in [-0.1, -0.05) is 25.4 Å². The fourth-order valence-corrected chi connectivity index (χ4v) is 2.13. The zero-order valence-corrected chi connectivity index (χ0v) is 12.1. The number of halogens is 4. The first-order valence-corrected chi connectivity index (χ1v) is 6.65. The fourth-order valence-electron chi connectivity index (χ4n) is 1.90.